The predicted octanol–water partition coefficient (Wildman–Crippen LogP) is 6.01. The molecule has 0 spiro atoms. The van der Waals surface area contributed by atoms with Gasteiger partial charge in [0.2, 0.25) is 5.88 Å². The Morgan fingerprint density at radius 2 is 1.69 bits per heavy atom. The molecule has 29 heavy (non-hydrogen) atoms. The molecule has 0 bridgehead atoms. The molecule has 0 aliphatic rings. The largest absolute Gasteiger partial charge is 0.489 e. The van der Waals surface area contributed by atoms with Crippen molar-refractivity contribution in [2.24, 2.45) is 0 Å². The van der Waals surface area contributed by atoms with Gasteiger partial charge in [-0.2, -0.15) is 4.98 Å². The van der Waals surface area contributed by atoms with Gasteiger partial charge in [0.05, 0.1) is 0 Å². The van der Waals surface area contributed by atoms with Crippen LogP contribution in [0.4, 0.5) is 0 Å². The van der Waals surface area contributed by atoms with Gasteiger partial charge in [-0.05, 0) is 67.3 Å². The number of hydrogen-bond acceptors (Lipinski definition) is 5. The van der Waals surface area contributed by atoms with Crippen molar-refractivity contribution in [3.8, 4) is 23.1 Å². The highest BCUT2D eigenvalue weighted by molar-refractivity contribution is 6.30. The van der Waals surface area contributed by atoms with E-state index >= 15 is 0 Å². The van der Waals surface area contributed by atoms with E-state index in [0.717, 1.165) is 33.8 Å². The number of aryl methyl sites for hydroxylation is 1. The first-order valence-corrected chi connectivity index (χ1v) is 9.61. The van der Waals surface area contributed by atoms with Gasteiger partial charge in [-0.15, -0.1) is 0 Å². The lowest BCUT2D eigenvalue weighted by Crippen LogP contribution is -2.03. The number of benzene rings is 2. The third kappa shape index (κ3) is 5.19. The van der Waals surface area contributed by atoms with E-state index in [9.17, 15) is 0 Å². The monoisotopic (exact) mass is 413 g/mol. The fourth-order valence-corrected chi connectivity index (χ4v) is 3.12. The lowest BCUT2D eigenvalue weighted by Gasteiger charge is -2.17. The summed E-state index contributed by atoms with van der Waals surface area (Å²) >= 11 is 6.18. The molecule has 0 aliphatic heterocycles. The quantitative estimate of drug-likeness (QED) is 0.334. The topological polar surface area (TPSA) is 49.8 Å². The van der Waals surface area contributed by atoms with Crippen LogP contribution >= 0.6 is 11.6 Å². The second-order valence-corrected chi connectivity index (χ2v) is 6.98. The molecule has 0 aliphatic carbocycles. The second kappa shape index (κ2) is 9.63. The second-order valence-electron chi connectivity index (χ2n) is 6.62. The number of halogens is 1. The first kappa shape index (κ1) is 21.0. The molecule has 0 N–H and O–H groups in total. The number of aromatic nitrogens is 1. The lowest BCUT2D eigenvalue weighted by atomic mass is 9.99. The molecule has 0 amide bonds. The van der Waals surface area contributed by atoms with Crippen LogP contribution in [-0.2, 0) is 11.3 Å². The normalized spacial score (nSPS) is 10.7. The Kier molecular flexibility index (Phi) is 6.96. The Morgan fingerprint density at radius 3 is 2.38 bits per heavy atom. The van der Waals surface area contributed by atoms with E-state index in [1.165, 1.54) is 0 Å². The SMILES string of the molecule is COCOc1ccc(Oc2c(C)cc(COc3ccccc3)c(C)c2C)nc1Cl. The van der Waals surface area contributed by atoms with Crippen LogP contribution in [-0.4, -0.2) is 18.9 Å². The van der Waals surface area contributed by atoms with Crippen molar-refractivity contribution in [3.05, 3.63) is 75.9 Å². The Hall–Kier alpha value is -2.76. The van der Waals surface area contributed by atoms with Crippen molar-refractivity contribution in [2.75, 3.05) is 13.9 Å². The van der Waals surface area contributed by atoms with E-state index in [-0.39, 0.29) is 11.9 Å². The van der Waals surface area contributed by atoms with E-state index < -0.39 is 0 Å². The Bertz CT molecular complexity index is 976. The molecule has 0 fully saturated rings. The third-order valence-electron chi connectivity index (χ3n) is 4.60. The van der Waals surface area contributed by atoms with Gasteiger partial charge in [0.25, 0.3) is 0 Å². The summed E-state index contributed by atoms with van der Waals surface area (Å²) < 4.78 is 22.2. The minimum Gasteiger partial charge on any atom is -0.489 e. The summed E-state index contributed by atoms with van der Waals surface area (Å²) in [4.78, 5) is 4.27. The molecule has 0 atom stereocenters. The Morgan fingerprint density at radius 1 is 0.931 bits per heavy atom. The highest BCUT2D eigenvalue weighted by Gasteiger charge is 2.14. The average Bonchev–Trinajstić information content (AvgIpc) is 2.73. The summed E-state index contributed by atoms with van der Waals surface area (Å²) in [7, 11) is 1.54. The number of para-hydroxylation sites is 1. The summed E-state index contributed by atoms with van der Waals surface area (Å²) in [6.45, 7) is 6.69. The van der Waals surface area contributed by atoms with E-state index in [1.807, 2.05) is 44.2 Å². The Labute approximate surface area is 176 Å². The number of rotatable bonds is 8. The molecule has 3 aromatic rings. The summed E-state index contributed by atoms with van der Waals surface area (Å²) in [5, 5.41) is 0.222. The first-order chi connectivity index (χ1) is 14.0. The molecule has 0 saturated heterocycles. The molecule has 3 rings (SSSR count). The third-order valence-corrected chi connectivity index (χ3v) is 4.87. The van der Waals surface area contributed by atoms with Gasteiger partial charge < -0.3 is 18.9 Å². The molecule has 152 valence electrons. The van der Waals surface area contributed by atoms with Gasteiger partial charge in [-0.1, -0.05) is 29.8 Å². The predicted molar refractivity (Wildman–Crippen MR) is 113 cm³/mol. The maximum atomic E-state index is 6.18. The number of pyridine rings is 1. The first-order valence-electron chi connectivity index (χ1n) is 9.23. The van der Waals surface area contributed by atoms with Crippen molar-refractivity contribution in [3.63, 3.8) is 0 Å². The van der Waals surface area contributed by atoms with Gasteiger partial charge in [0.15, 0.2) is 17.7 Å². The lowest BCUT2D eigenvalue weighted by molar-refractivity contribution is 0.0509. The maximum Gasteiger partial charge on any atom is 0.220 e. The van der Waals surface area contributed by atoms with Crippen LogP contribution in [0.15, 0.2) is 48.5 Å². The average molecular weight is 414 g/mol. The highest BCUT2D eigenvalue weighted by Crippen LogP contribution is 2.34. The van der Waals surface area contributed by atoms with Crippen LogP contribution in [0.3, 0.4) is 0 Å². The fourth-order valence-electron chi connectivity index (χ4n) is 2.92. The van der Waals surface area contributed by atoms with Gasteiger partial charge in [0, 0.05) is 13.2 Å². The van der Waals surface area contributed by atoms with Gasteiger partial charge in [-0.3, -0.25) is 0 Å². The standard InChI is InChI=1S/C23H24ClNO4/c1-15-12-18(13-27-19-8-6-5-7-9-19)16(2)17(3)22(15)29-21-11-10-20(23(24)25-21)28-14-26-4/h5-12H,13-14H2,1-4H3. The zero-order valence-corrected chi connectivity index (χ0v) is 17.7. The van der Waals surface area contributed by atoms with E-state index in [0.29, 0.717) is 18.2 Å². The minimum absolute atomic E-state index is 0.103. The Balaban J connectivity index is 1.78. The van der Waals surface area contributed by atoms with Crippen LogP contribution < -0.4 is 14.2 Å². The summed E-state index contributed by atoms with van der Waals surface area (Å²) in [5.41, 5.74) is 4.27. The van der Waals surface area contributed by atoms with Crippen LogP contribution in [0.2, 0.25) is 5.15 Å². The zero-order valence-electron chi connectivity index (χ0n) is 17.0. The van der Waals surface area contributed by atoms with Gasteiger partial charge in [0.1, 0.15) is 18.1 Å². The van der Waals surface area contributed by atoms with Crippen LogP contribution in [0.25, 0.3) is 0 Å². The summed E-state index contributed by atoms with van der Waals surface area (Å²) in [6, 6.07) is 15.3. The maximum absolute atomic E-state index is 6.18. The van der Waals surface area contributed by atoms with Crippen molar-refractivity contribution < 1.29 is 18.9 Å². The zero-order chi connectivity index (χ0) is 20.8. The van der Waals surface area contributed by atoms with Crippen LogP contribution in [0.5, 0.6) is 23.1 Å². The molecule has 1 aromatic heterocycles. The highest BCUT2D eigenvalue weighted by atomic mass is 35.5. The molecule has 0 radical (unpaired) electrons. The van der Waals surface area contributed by atoms with E-state index in [4.69, 9.17) is 30.5 Å². The molecule has 0 saturated carbocycles. The number of ether oxygens (including phenoxy) is 4. The van der Waals surface area contributed by atoms with Gasteiger partial charge >= 0.3 is 0 Å². The van der Waals surface area contributed by atoms with Crippen molar-refractivity contribution in [1.82, 2.24) is 4.98 Å². The molecular weight excluding hydrogens is 390 g/mol. The van der Waals surface area contributed by atoms with Crippen molar-refractivity contribution in [2.45, 2.75) is 27.4 Å². The fraction of sp³-hybridized carbons (Fsp3) is 0.261. The van der Waals surface area contributed by atoms with Crippen molar-refractivity contribution in [1.29, 1.82) is 0 Å². The number of nitrogens with zero attached hydrogens (tertiary/aromatic N) is 1. The van der Waals surface area contributed by atoms with E-state index in [2.05, 4.69) is 18.0 Å². The molecule has 6 heteroatoms. The molecule has 1 heterocycles. The van der Waals surface area contributed by atoms with Crippen LogP contribution in [0, 0.1) is 20.8 Å². The van der Waals surface area contributed by atoms with Crippen molar-refractivity contribution >= 4 is 11.6 Å². The smallest absolute Gasteiger partial charge is 0.220 e. The molecular formula is C23H24ClNO4. The van der Waals surface area contributed by atoms with Gasteiger partial charge in [-0.25, -0.2) is 0 Å². The number of methoxy groups -OCH3 is 1. The van der Waals surface area contributed by atoms with Crippen LogP contribution in [0.1, 0.15) is 22.3 Å². The summed E-state index contributed by atoms with van der Waals surface area (Å²) in [6.07, 6.45) is 0. The minimum atomic E-state index is 0.103. The molecule has 2 aromatic carbocycles. The molecule has 0 unspecified atom stereocenters. The number of hydrogen-bond donors (Lipinski definition) is 0. The molecule has 5 nitrogen and oxygen atoms in total. The summed E-state index contributed by atoms with van der Waals surface area (Å²) in [5.74, 6) is 2.45. The van der Waals surface area contributed by atoms with E-state index in [1.54, 1.807) is 19.2 Å².